The molecule has 0 atom stereocenters. The first-order valence-electron chi connectivity index (χ1n) is 3.63. The molecule has 1 aromatic rings. The minimum Gasteiger partial charge on any atom is -0.366 e. The van der Waals surface area contributed by atoms with Crippen LogP contribution in [0.2, 0.25) is 0 Å². The molecular formula is C8H7NO2S. The summed E-state index contributed by atoms with van der Waals surface area (Å²) in [5.74, 6) is -0.287. The number of fused-ring (bicyclic) bond motifs is 1. The number of hydrogen-bond acceptors (Lipinski definition) is 3. The van der Waals surface area contributed by atoms with Gasteiger partial charge in [-0.1, -0.05) is 0 Å². The maximum Gasteiger partial charge on any atom is 0.249 e. The maximum absolute atomic E-state index is 11.2. The molecule has 0 radical (unpaired) electrons. The fraction of sp³-hybridized carbons (Fsp3) is 0.250. The van der Waals surface area contributed by atoms with Crippen LogP contribution in [0.1, 0.15) is 32.0 Å². The molecule has 1 aliphatic rings. The summed E-state index contributed by atoms with van der Waals surface area (Å²) in [5, 5.41) is 1.67. The number of ketones is 1. The number of primary amides is 1. The predicted molar refractivity (Wildman–Crippen MR) is 45.5 cm³/mol. The van der Waals surface area contributed by atoms with Crippen molar-refractivity contribution in [2.45, 2.75) is 12.8 Å². The predicted octanol–water partition coefficient (Wildman–Crippen LogP) is 0.976. The highest BCUT2D eigenvalue weighted by atomic mass is 32.1. The number of Topliss-reactive ketones (excluding diaryl/α,β-unsaturated/α-hetero) is 1. The number of amides is 1. The van der Waals surface area contributed by atoms with Crippen LogP contribution in [0.5, 0.6) is 0 Å². The van der Waals surface area contributed by atoms with Gasteiger partial charge in [-0.05, 0) is 12.0 Å². The highest BCUT2D eigenvalue weighted by Gasteiger charge is 2.25. The van der Waals surface area contributed by atoms with Gasteiger partial charge in [-0.15, -0.1) is 11.3 Å². The van der Waals surface area contributed by atoms with E-state index in [0.717, 1.165) is 10.4 Å². The highest BCUT2D eigenvalue weighted by molar-refractivity contribution is 7.12. The van der Waals surface area contributed by atoms with Gasteiger partial charge in [0, 0.05) is 11.8 Å². The Morgan fingerprint density at radius 3 is 2.92 bits per heavy atom. The minimum atomic E-state index is -0.429. The van der Waals surface area contributed by atoms with E-state index in [1.807, 2.05) is 0 Å². The molecule has 1 aliphatic carbocycles. The second kappa shape index (κ2) is 2.42. The smallest absolute Gasteiger partial charge is 0.249 e. The first-order chi connectivity index (χ1) is 5.70. The van der Waals surface area contributed by atoms with Crippen LogP contribution in [-0.4, -0.2) is 11.7 Å². The van der Waals surface area contributed by atoms with Crippen LogP contribution in [0.15, 0.2) is 5.38 Å². The average Bonchev–Trinajstić information content (AvgIpc) is 2.53. The van der Waals surface area contributed by atoms with Gasteiger partial charge in [-0.2, -0.15) is 0 Å². The molecule has 0 unspecified atom stereocenters. The van der Waals surface area contributed by atoms with E-state index in [9.17, 15) is 9.59 Å². The molecule has 0 aromatic carbocycles. The Bertz CT molecular complexity index is 367. The third-order valence-electron chi connectivity index (χ3n) is 2.01. The molecule has 62 valence electrons. The fourth-order valence-electron chi connectivity index (χ4n) is 1.42. The molecule has 1 amide bonds. The molecule has 0 saturated carbocycles. The summed E-state index contributed by atoms with van der Waals surface area (Å²) in [7, 11) is 0. The van der Waals surface area contributed by atoms with Crippen molar-refractivity contribution in [1.29, 1.82) is 0 Å². The van der Waals surface area contributed by atoms with Gasteiger partial charge in [0.2, 0.25) is 5.91 Å². The molecule has 2 N–H and O–H groups in total. The van der Waals surface area contributed by atoms with Crippen LogP contribution in [0, 0.1) is 0 Å². The van der Waals surface area contributed by atoms with Gasteiger partial charge in [-0.3, -0.25) is 9.59 Å². The van der Waals surface area contributed by atoms with Crippen molar-refractivity contribution in [1.82, 2.24) is 0 Å². The van der Waals surface area contributed by atoms with E-state index in [0.29, 0.717) is 18.4 Å². The van der Waals surface area contributed by atoms with E-state index in [-0.39, 0.29) is 5.78 Å². The van der Waals surface area contributed by atoms with Gasteiger partial charge in [0.05, 0.1) is 10.4 Å². The van der Waals surface area contributed by atoms with Crippen molar-refractivity contribution in [3.8, 4) is 0 Å². The summed E-state index contributed by atoms with van der Waals surface area (Å²) in [5.41, 5.74) is 6.52. The summed E-state index contributed by atoms with van der Waals surface area (Å²) in [6.45, 7) is 0. The Kier molecular flexibility index (Phi) is 1.51. The topological polar surface area (TPSA) is 60.2 Å². The normalized spacial score (nSPS) is 14.8. The summed E-state index contributed by atoms with van der Waals surface area (Å²) < 4.78 is 0. The van der Waals surface area contributed by atoms with Crippen molar-refractivity contribution >= 4 is 23.0 Å². The zero-order valence-electron chi connectivity index (χ0n) is 6.29. The van der Waals surface area contributed by atoms with Crippen LogP contribution >= 0.6 is 11.3 Å². The van der Waals surface area contributed by atoms with Crippen LogP contribution in [0.3, 0.4) is 0 Å². The number of carbonyl (C=O) groups is 2. The van der Waals surface area contributed by atoms with Gasteiger partial charge < -0.3 is 5.73 Å². The first kappa shape index (κ1) is 7.49. The highest BCUT2D eigenvalue weighted by Crippen LogP contribution is 2.30. The second-order valence-corrected chi connectivity index (χ2v) is 3.62. The Hall–Kier alpha value is -1.16. The molecule has 1 aromatic heterocycles. The molecule has 12 heavy (non-hydrogen) atoms. The minimum absolute atomic E-state index is 0.141. The molecule has 0 fully saturated rings. The van der Waals surface area contributed by atoms with Crippen molar-refractivity contribution in [3.63, 3.8) is 0 Å². The fourth-order valence-corrected chi connectivity index (χ4v) is 2.51. The van der Waals surface area contributed by atoms with Crippen LogP contribution in [-0.2, 0) is 6.42 Å². The summed E-state index contributed by atoms with van der Waals surface area (Å²) in [6, 6.07) is 0. The lowest BCUT2D eigenvalue weighted by Gasteiger charge is -1.91. The van der Waals surface area contributed by atoms with Crippen molar-refractivity contribution in [2.75, 3.05) is 0 Å². The van der Waals surface area contributed by atoms with Gasteiger partial charge in [0.25, 0.3) is 0 Å². The lowest BCUT2D eigenvalue weighted by atomic mass is 10.1. The lowest BCUT2D eigenvalue weighted by Crippen LogP contribution is -2.11. The standard InChI is InChI=1S/C8H7NO2S/c9-8(11)5-3-12-7-4(5)1-2-6(7)10/h3H,1-2H2,(H2,9,11). The molecular weight excluding hydrogens is 174 g/mol. The number of nitrogens with two attached hydrogens (primary N) is 1. The lowest BCUT2D eigenvalue weighted by molar-refractivity contribution is 0.0991. The molecule has 4 heteroatoms. The van der Waals surface area contributed by atoms with Gasteiger partial charge in [0.1, 0.15) is 0 Å². The molecule has 0 bridgehead atoms. The Morgan fingerprint density at radius 1 is 1.50 bits per heavy atom. The van der Waals surface area contributed by atoms with Crippen LogP contribution < -0.4 is 5.73 Å². The Labute approximate surface area is 73.2 Å². The third kappa shape index (κ3) is 0.881. The number of rotatable bonds is 1. The summed E-state index contributed by atoms with van der Waals surface area (Å²) >= 11 is 1.32. The summed E-state index contributed by atoms with van der Waals surface area (Å²) in [4.78, 5) is 22.7. The zero-order chi connectivity index (χ0) is 8.72. The molecule has 2 rings (SSSR count). The van der Waals surface area contributed by atoms with E-state index >= 15 is 0 Å². The number of carbonyl (C=O) groups excluding carboxylic acids is 2. The van der Waals surface area contributed by atoms with Crippen molar-refractivity contribution in [2.24, 2.45) is 5.73 Å². The van der Waals surface area contributed by atoms with Crippen LogP contribution in [0.25, 0.3) is 0 Å². The maximum atomic E-state index is 11.2. The number of hydrogen-bond donors (Lipinski definition) is 1. The van der Waals surface area contributed by atoms with E-state index in [2.05, 4.69) is 0 Å². The van der Waals surface area contributed by atoms with E-state index in [1.165, 1.54) is 11.3 Å². The molecule has 3 nitrogen and oxygen atoms in total. The van der Waals surface area contributed by atoms with E-state index in [1.54, 1.807) is 5.38 Å². The van der Waals surface area contributed by atoms with Gasteiger partial charge >= 0.3 is 0 Å². The largest absolute Gasteiger partial charge is 0.366 e. The molecule has 0 spiro atoms. The molecule has 1 heterocycles. The van der Waals surface area contributed by atoms with Crippen molar-refractivity contribution < 1.29 is 9.59 Å². The average molecular weight is 181 g/mol. The quantitative estimate of drug-likeness (QED) is 0.701. The number of thiophene rings is 1. The molecule has 0 saturated heterocycles. The van der Waals surface area contributed by atoms with Crippen molar-refractivity contribution in [3.05, 3.63) is 21.4 Å². The molecule has 0 aliphatic heterocycles. The van der Waals surface area contributed by atoms with E-state index < -0.39 is 5.91 Å². The monoisotopic (exact) mass is 181 g/mol. The van der Waals surface area contributed by atoms with Gasteiger partial charge in [0.15, 0.2) is 5.78 Å². The van der Waals surface area contributed by atoms with E-state index in [4.69, 9.17) is 5.73 Å². The van der Waals surface area contributed by atoms with Crippen LogP contribution in [0.4, 0.5) is 0 Å². The summed E-state index contributed by atoms with van der Waals surface area (Å²) in [6.07, 6.45) is 1.21. The zero-order valence-corrected chi connectivity index (χ0v) is 7.11. The Balaban J connectivity index is 2.56. The first-order valence-corrected chi connectivity index (χ1v) is 4.51. The SMILES string of the molecule is NC(=O)c1csc2c1CCC2=O. The second-order valence-electron chi connectivity index (χ2n) is 2.74. The Morgan fingerprint density at radius 2 is 2.25 bits per heavy atom. The van der Waals surface area contributed by atoms with Gasteiger partial charge in [-0.25, -0.2) is 0 Å². The third-order valence-corrected chi connectivity index (χ3v) is 3.08.